The lowest BCUT2D eigenvalue weighted by Gasteiger charge is -2.25. The van der Waals surface area contributed by atoms with Gasteiger partial charge in [0.2, 0.25) is 0 Å². The number of rotatable bonds is 7. The van der Waals surface area contributed by atoms with Gasteiger partial charge in [0.1, 0.15) is 0 Å². The molecule has 18 heavy (non-hydrogen) atoms. The third-order valence-electron chi connectivity index (χ3n) is 2.92. The van der Waals surface area contributed by atoms with Crippen molar-refractivity contribution in [3.05, 3.63) is 28.8 Å². The molecule has 0 spiro atoms. The number of anilines is 1. The molecule has 102 valence electrons. The lowest BCUT2D eigenvalue weighted by Crippen LogP contribution is -2.27. The van der Waals surface area contributed by atoms with Crippen LogP contribution in [0, 0.1) is 0 Å². The van der Waals surface area contributed by atoms with Crippen molar-refractivity contribution in [2.75, 3.05) is 38.6 Å². The van der Waals surface area contributed by atoms with E-state index in [-0.39, 0.29) is 0 Å². The zero-order valence-electron chi connectivity index (χ0n) is 11.4. The molecule has 2 nitrogen and oxygen atoms in total. The summed E-state index contributed by atoms with van der Waals surface area (Å²) in [7, 11) is 4.21. The first-order chi connectivity index (χ1) is 8.58. The van der Waals surface area contributed by atoms with Crippen molar-refractivity contribution in [1.29, 1.82) is 0 Å². The zero-order valence-corrected chi connectivity index (χ0v) is 13.8. The van der Waals surface area contributed by atoms with E-state index in [1.807, 2.05) is 6.07 Å². The molecule has 0 unspecified atom stereocenters. The Bertz CT molecular complexity index is 369. The summed E-state index contributed by atoms with van der Waals surface area (Å²) in [6.45, 7) is 5.31. The molecule has 1 aromatic carbocycles. The molecule has 1 aromatic rings. The Morgan fingerprint density at radius 2 is 1.94 bits per heavy atom. The fraction of sp³-hybridized carbons (Fsp3) is 0.571. The van der Waals surface area contributed by atoms with Crippen molar-refractivity contribution in [2.24, 2.45) is 0 Å². The van der Waals surface area contributed by atoms with E-state index < -0.39 is 0 Å². The Morgan fingerprint density at radius 3 is 2.44 bits per heavy atom. The van der Waals surface area contributed by atoms with E-state index in [4.69, 9.17) is 11.6 Å². The van der Waals surface area contributed by atoms with Crippen LogP contribution in [0.25, 0.3) is 0 Å². The van der Waals surface area contributed by atoms with E-state index in [2.05, 4.69) is 58.9 Å². The minimum Gasteiger partial charge on any atom is -0.371 e. The van der Waals surface area contributed by atoms with Gasteiger partial charge in [0.05, 0.1) is 10.7 Å². The van der Waals surface area contributed by atoms with Gasteiger partial charge in [-0.2, -0.15) is 0 Å². The molecular weight excluding hydrogens is 312 g/mol. The summed E-state index contributed by atoms with van der Waals surface area (Å²) in [5, 5.41) is 1.69. The monoisotopic (exact) mass is 332 g/mol. The lowest BCUT2D eigenvalue weighted by molar-refractivity contribution is 0.400. The minimum atomic E-state index is 0.846. The van der Waals surface area contributed by atoms with Gasteiger partial charge in [-0.05, 0) is 51.7 Å². The van der Waals surface area contributed by atoms with E-state index in [9.17, 15) is 0 Å². The molecule has 0 atom stereocenters. The summed E-state index contributed by atoms with van der Waals surface area (Å²) in [6.07, 6.45) is 1.15. The summed E-state index contributed by atoms with van der Waals surface area (Å²) in [6, 6.07) is 6.29. The minimum absolute atomic E-state index is 0.846. The average molecular weight is 334 g/mol. The summed E-state index contributed by atoms with van der Waals surface area (Å²) in [5.74, 6) is 0. The van der Waals surface area contributed by atoms with Crippen molar-refractivity contribution < 1.29 is 0 Å². The Morgan fingerprint density at radius 1 is 1.22 bits per heavy atom. The molecule has 0 N–H and O–H groups in total. The molecule has 0 amide bonds. The first kappa shape index (κ1) is 15.8. The van der Waals surface area contributed by atoms with E-state index in [1.54, 1.807) is 0 Å². The number of halogens is 2. The third-order valence-corrected chi connectivity index (χ3v) is 3.87. The van der Waals surface area contributed by atoms with Crippen LogP contribution in [0.1, 0.15) is 18.9 Å². The Balaban J connectivity index is 2.69. The normalized spacial score (nSPS) is 11.0. The zero-order chi connectivity index (χ0) is 13.5. The van der Waals surface area contributed by atoms with Crippen LogP contribution in [0.15, 0.2) is 18.2 Å². The molecule has 0 fully saturated rings. The Hall–Kier alpha value is -0.250. The van der Waals surface area contributed by atoms with Gasteiger partial charge >= 0.3 is 0 Å². The molecule has 1 rings (SSSR count). The quantitative estimate of drug-likeness (QED) is 0.696. The van der Waals surface area contributed by atoms with Crippen LogP contribution in [-0.4, -0.2) is 38.6 Å². The highest BCUT2D eigenvalue weighted by molar-refractivity contribution is 9.08. The van der Waals surface area contributed by atoms with Gasteiger partial charge in [0, 0.05) is 18.4 Å². The Kier molecular flexibility index (Phi) is 7.05. The molecule has 4 heteroatoms. The van der Waals surface area contributed by atoms with Crippen LogP contribution in [0.4, 0.5) is 5.69 Å². The maximum Gasteiger partial charge on any atom is 0.0642 e. The Labute approximate surface area is 124 Å². The molecular formula is C14H22BrClN2. The molecule has 0 radical (unpaired) electrons. The molecule has 0 aromatic heterocycles. The highest BCUT2D eigenvalue weighted by Crippen LogP contribution is 2.27. The van der Waals surface area contributed by atoms with Crippen LogP contribution < -0.4 is 4.90 Å². The van der Waals surface area contributed by atoms with Crippen molar-refractivity contribution >= 4 is 33.2 Å². The second-order valence-corrected chi connectivity index (χ2v) is 5.62. The summed E-state index contributed by atoms with van der Waals surface area (Å²) >= 11 is 9.80. The number of hydrogen-bond donors (Lipinski definition) is 0. The molecule has 0 bridgehead atoms. The highest BCUT2D eigenvalue weighted by atomic mass is 79.9. The van der Waals surface area contributed by atoms with E-state index in [0.717, 1.165) is 42.1 Å². The summed E-state index contributed by atoms with van der Waals surface area (Å²) < 4.78 is 0. The van der Waals surface area contributed by atoms with Gasteiger partial charge in [-0.3, -0.25) is 0 Å². The van der Waals surface area contributed by atoms with Crippen molar-refractivity contribution in [3.8, 4) is 0 Å². The number of nitrogens with zero attached hydrogens (tertiary/aromatic N) is 2. The lowest BCUT2D eigenvalue weighted by atomic mass is 10.2. The second-order valence-electron chi connectivity index (χ2n) is 4.66. The smallest absolute Gasteiger partial charge is 0.0642 e. The number of alkyl halides is 1. The van der Waals surface area contributed by atoms with Crippen LogP contribution in [0.5, 0.6) is 0 Å². The predicted molar refractivity (Wildman–Crippen MR) is 85.1 cm³/mol. The maximum atomic E-state index is 6.35. The fourth-order valence-corrected chi connectivity index (χ4v) is 2.59. The largest absolute Gasteiger partial charge is 0.371 e. The molecule has 0 heterocycles. The molecule has 0 saturated heterocycles. The maximum absolute atomic E-state index is 6.35. The first-order valence-electron chi connectivity index (χ1n) is 6.32. The van der Waals surface area contributed by atoms with Crippen LogP contribution in [-0.2, 0) is 5.33 Å². The first-order valence-corrected chi connectivity index (χ1v) is 7.82. The average Bonchev–Trinajstić information content (AvgIpc) is 2.35. The van der Waals surface area contributed by atoms with Crippen molar-refractivity contribution in [2.45, 2.75) is 18.7 Å². The third kappa shape index (κ3) is 4.79. The number of benzene rings is 1. The molecule has 0 aliphatic heterocycles. The van der Waals surface area contributed by atoms with Gasteiger partial charge in [0.15, 0.2) is 0 Å². The summed E-state index contributed by atoms with van der Waals surface area (Å²) in [4.78, 5) is 4.55. The topological polar surface area (TPSA) is 6.48 Å². The van der Waals surface area contributed by atoms with Gasteiger partial charge in [0.25, 0.3) is 0 Å². The standard InChI is InChI=1S/C14H22BrClN2/c1-4-18(9-5-8-17(2)3)14-7-6-12(11-15)10-13(14)16/h6-7,10H,4-5,8-9,11H2,1-3H3. The van der Waals surface area contributed by atoms with Gasteiger partial charge in [-0.1, -0.05) is 33.6 Å². The van der Waals surface area contributed by atoms with E-state index in [0.29, 0.717) is 0 Å². The van der Waals surface area contributed by atoms with Gasteiger partial charge in [-0.15, -0.1) is 0 Å². The molecule has 0 aliphatic carbocycles. The number of hydrogen-bond acceptors (Lipinski definition) is 2. The van der Waals surface area contributed by atoms with Crippen LogP contribution in [0.3, 0.4) is 0 Å². The van der Waals surface area contributed by atoms with E-state index >= 15 is 0 Å². The van der Waals surface area contributed by atoms with Crippen LogP contribution in [0.2, 0.25) is 5.02 Å². The van der Waals surface area contributed by atoms with Gasteiger partial charge in [-0.25, -0.2) is 0 Å². The molecule has 0 aliphatic rings. The molecule has 0 saturated carbocycles. The van der Waals surface area contributed by atoms with Crippen LogP contribution >= 0.6 is 27.5 Å². The predicted octanol–water partition coefficient (Wildman–Crippen LogP) is 4.01. The highest BCUT2D eigenvalue weighted by Gasteiger charge is 2.09. The van der Waals surface area contributed by atoms with Crippen molar-refractivity contribution in [3.63, 3.8) is 0 Å². The van der Waals surface area contributed by atoms with Crippen molar-refractivity contribution in [1.82, 2.24) is 4.90 Å². The van der Waals surface area contributed by atoms with Gasteiger partial charge < -0.3 is 9.80 Å². The van der Waals surface area contributed by atoms with E-state index in [1.165, 1.54) is 5.56 Å². The fourth-order valence-electron chi connectivity index (χ4n) is 1.92. The SMILES string of the molecule is CCN(CCCN(C)C)c1ccc(CBr)cc1Cl. The second kappa shape index (κ2) is 8.03. The summed E-state index contributed by atoms with van der Waals surface area (Å²) in [5.41, 5.74) is 2.36.